The van der Waals surface area contributed by atoms with Gasteiger partial charge in [-0.25, -0.2) is 4.21 Å². The Bertz CT molecular complexity index is 429. The van der Waals surface area contributed by atoms with Crippen LogP contribution in [0.5, 0.6) is 0 Å². The van der Waals surface area contributed by atoms with Crippen LogP contribution in [0.15, 0.2) is 14.3 Å². The maximum absolute atomic E-state index is 11.8. The van der Waals surface area contributed by atoms with E-state index in [0.717, 1.165) is 14.4 Å². The van der Waals surface area contributed by atoms with Gasteiger partial charge in [0.2, 0.25) is 0 Å². The molecular formula is C10H13BrClNOS2. The summed E-state index contributed by atoms with van der Waals surface area (Å²) in [5.74, 6) is 0. The van der Waals surface area contributed by atoms with Gasteiger partial charge in [0, 0.05) is 0 Å². The minimum Gasteiger partial charge on any atom is -0.234 e. The lowest BCUT2D eigenvalue weighted by Crippen LogP contribution is -2.20. The molecule has 1 atom stereocenters. The average Bonchev–Trinajstić information content (AvgIpc) is 2.45. The second-order valence-corrected chi connectivity index (χ2v) is 8.95. The Morgan fingerprint density at radius 3 is 2.50 bits per heavy atom. The quantitative estimate of drug-likeness (QED) is 0.731. The molecule has 6 heteroatoms. The average molecular weight is 343 g/mol. The molecule has 0 N–H and O–H groups in total. The molecule has 0 aliphatic heterocycles. The molecule has 90 valence electrons. The highest BCUT2D eigenvalue weighted by Crippen LogP contribution is 2.32. The predicted octanol–water partition coefficient (Wildman–Crippen LogP) is 4.44. The monoisotopic (exact) mass is 341 g/mol. The van der Waals surface area contributed by atoms with Crippen LogP contribution in [0.4, 0.5) is 0 Å². The smallest absolute Gasteiger partial charge is 0.145 e. The van der Waals surface area contributed by atoms with Gasteiger partial charge in [0.05, 0.1) is 24.1 Å². The van der Waals surface area contributed by atoms with E-state index in [1.807, 2.05) is 33.8 Å². The first-order valence-electron chi connectivity index (χ1n) is 4.64. The Balaban J connectivity index is 2.98. The Morgan fingerprint density at radius 1 is 1.56 bits per heavy atom. The largest absolute Gasteiger partial charge is 0.234 e. The van der Waals surface area contributed by atoms with Crippen molar-refractivity contribution in [3.63, 3.8) is 0 Å². The van der Waals surface area contributed by atoms with E-state index in [4.69, 9.17) is 11.6 Å². The SMILES string of the molecule is C/C(=N\S(=O)C(C)(C)C)c1cc(Cl)c(Br)s1. The van der Waals surface area contributed by atoms with Crippen LogP contribution in [0.3, 0.4) is 0 Å². The van der Waals surface area contributed by atoms with E-state index in [2.05, 4.69) is 20.3 Å². The van der Waals surface area contributed by atoms with Gasteiger partial charge >= 0.3 is 0 Å². The molecule has 0 aromatic carbocycles. The molecule has 16 heavy (non-hydrogen) atoms. The third-order valence-corrected chi connectivity index (χ3v) is 5.82. The van der Waals surface area contributed by atoms with Crippen molar-refractivity contribution >= 4 is 55.6 Å². The molecule has 1 aromatic heterocycles. The third kappa shape index (κ3) is 3.65. The van der Waals surface area contributed by atoms with E-state index >= 15 is 0 Å². The second-order valence-electron chi connectivity index (χ2n) is 4.27. The summed E-state index contributed by atoms with van der Waals surface area (Å²) in [5.41, 5.74) is 0.755. The zero-order chi connectivity index (χ0) is 12.5. The highest BCUT2D eigenvalue weighted by molar-refractivity contribution is 9.11. The number of nitrogens with zero attached hydrogens (tertiary/aromatic N) is 1. The van der Waals surface area contributed by atoms with Crippen molar-refractivity contribution in [3.8, 4) is 0 Å². The van der Waals surface area contributed by atoms with Crippen LogP contribution in [-0.2, 0) is 11.0 Å². The van der Waals surface area contributed by atoms with Gasteiger partial charge in [0.15, 0.2) is 0 Å². The predicted molar refractivity (Wildman–Crippen MR) is 77.1 cm³/mol. The van der Waals surface area contributed by atoms with E-state index in [1.54, 1.807) is 0 Å². The van der Waals surface area contributed by atoms with Gasteiger partial charge < -0.3 is 0 Å². The summed E-state index contributed by atoms with van der Waals surface area (Å²) in [6, 6.07) is 1.83. The van der Waals surface area contributed by atoms with Crippen molar-refractivity contribution in [2.24, 2.45) is 4.40 Å². The fourth-order valence-electron chi connectivity index (χ4n) is 0.831. The molecule has 0 radical (unpaired) electrons. The summed E-state index contributed by atoms with van der Waals surface area (Å²) >= 11 is 10.8. The molecule has 0 saturated heterocycles. The standard InChI is InChI=1S/C10H13BrClNOS2/c1-6(13-16(14)10(2,3)4)8-5-7(12)9(11)15-8/h5H,1-4H3/b13-6+. The lowest BCUT2D eigenvalue weighted by Gasteiger charge is -2.13. The Morgan fingerprint density at radius 2 is 2.12 bits per heavy atom. The molecule has 0 aliphatic rings. The maximum atomic E-state index is 11.8. The van der Waals surface area contributed by atoms with Crippen LogP contribution >= 0.6 is 38.9 Å². The minimum absolute atomic E-state index is 0.334. The molecule has 1 heterocycles. The zero-order valence-electron chi connectivity index (χ0n) is 9.51. The first-order valence-corrected chi connectivity index (χ1v) is 7.73. The van der Waals surface area contributed by atoms with Gasteiger partial charge in [-0.05, 0) is 49.7 Å². The van der Waals surface area contributed by atoms with E-state index in [1.165, 1.54) is 11.3 Å². The molecule has 0 aliphatic carbocycles. The summed E-state index contributed by atoms with van der Waals surface area (Å²) in [6.45, 7) is 7.55. The number of thiophene rings is 1. The van der Waals surface area contributed by atoms with Crippen LogP contribution in [0, 0.1) is 0 Å². The van der Waals surface area contributed by atoms with E-state index in [9.17, 15) is 4.21 Å². The van der Waals surface area contributed by atoms with Gasteiger partial charge in [0.25, 0.3) is 0 Å². The van der Waals surface area contributed by atoms with Crippen molar-refractivity contribution in [2.75, 3.05) is 0 Å². The van der Waals surface area contributed by atoms with Crippen molar-refractivity contribution in [2.45, 2.75) is 32.4 Å². The molecular weight excluding hydrogens is 330 g/mol. The van der Waals surface area contributed by atoms with Crippen LogP contribution in [0.2, 0.25) is 5.02 Å². The van der Waals surface area contributed by atoms with E-state index in [-0.39, 0.29) is 4.75 Å². The molecule has 1 aromatic rings. The second kappa shape index (κ2) is 5.29. The van der Waals surface area contributed by atoms with Crippen molar-refractivity contribution in [3.05, 3.63) is 19.8 Å². The third-order valence-electron chi connectivity index (χ3n) is 1.75. The van der Waals surface area contributed by atoms with Crippen molar-refractivity contribution < 1.29 is 4.21 Å². The molecule has 0 saturated carbocycles. The molecule has 2 nitrogen and oxygen atoms in total. The van der Waals surface area contributed by atoms with E-state index < -0.39 is 11.0 Å². The zero-order valence-corrected chi connectivity index (χ0v) is 13.5. The first-order chi connectivity index (χ1) is 7.21. The normalized spacial score (nSPS) is 15.2. The van der Waals surface area contributed by atoms with Crippen LogP contribution in [-0.4, -0.2) is 14.7 Å². The molecule has 0 spiro atoms. The molecule has 1 rings (SSSR count). The molecule has 0 bridgehead atoms. The van der Waals surface area contributed by atoms with Gasteiger partial charge in [-0.3, -0.25) is 0 Å². The molecule has 0 fully saturated rings. The summed E-state index contributed by atoms with van der Waals surface area (Å²) in [4.78, 5) is 0.939. The minimum atomic E-state index is -1.23. The fraction of sp³-hybridized carbons (Fsp3) is 0.500. The lowest BCUT2D eigenvalue weighted by molar-refractivity contribution is 0.650. The first kappa shape index (κ1) is 14.4. The highest BCUT2D eigenvalue weighted by Gasteiger charge is 2.19. The molecule has 1 unspecified atom stereocenters. The van der Waals surface area contributed by atoms with Crippen LogP contribution in [0.25, 0.3) is 0 Å². The van der Waals surface area contributed by atoms with Crippen LogP contribution < -0.4 is 0 Å². The Hall–Kier alpha value is 0.290. The summed E-state index contributed by atoms with van der Waals surface area (Å²) in [7, 11) is -1.23. The Kier molecular flexibility index (Phi) is 4.75. The number of rotatable bonds is 2. The summed E-state index contributed by atoms with van der Waals surface area (Å²) in [5, 5.41) is 0.663. The van der Waals surface area contributed by atoms with Crippen LogP contribution in [0.1, 0.15) is 32.6 Å². The van der Waals surface area contributed by atoms with Gasteiger partial charge in [-0.2, -0.15) is 4.40 Å². The molecule has 0 amide bonds. The number of halogens is 2. The summed E-state index contributed by atoms with van der Waals surface area (Å²) < 4.78 is 16.6. The summed E-state index contributed by atoms with van der Waals surface area (Å²) in [6.07, 6.45) is 0. The maximum Gasteiger partial charge on any atom is 0.145 e. The van der Waals surface area contributed by atoms with Gasteiger partial charge in [0.1, 0.15) is 11.0 Å². The van der Waals surface area contributed by atoms with Crippen molar-refractivity contribution in [1.82, 2.24) is 0 Å². The van der Waals surface area contributed by atoms with Gasteiger partial charge in [-0.15, -0.1) is 11.3 Å². The van der Waals surface area contributed by atoms with E-state index in [0.29, 0.717) is 5.02 Å². The fourth-order valence-corrected chi connectivity index (χ4v) is 3.16. The number of hydrogen-bond acceptors (Lipinski definition) is 2. The van der Waals surface area contributed by atoms with Crippen molar-refractivity contribution in [1.29, 1.82) is 0 Å². The highest BCUT2D eigenvalue weighted by atomic mass is 79.9. The topological polar surface area (TPSA) is 29.4 Å². The lowest BCUT2D eigenvalue weighted by atomic mass is 10.3. The van der Waals surface area contributed by atoms with Gasteiger partial charge in [-0.1, -0.05) is 11.6 Å². The number of hydrogen-bond donors (Lipinski definition) is 0. The Labute approximate surface area is 116 Å².